The third-order valence-electron chi connectivity index (χ3n) is 3.42. The lowest BCUT2D eigenvalue weighted by Crippen LogP contribution is -2.32. The first-order valence-electron chi connectivity index (χ1n) is 6.73. The van der Waals surface area contributed by atoms with Crippen LogP contribution in [0.1, 0.15) is 31.2 Å². The zero-order chi connectivity index (χ0) is 12.8. The van der Waals surface area contributed by atoms with E-state index in [-0.39, 0.29) is 11.8 Å². The van der Waals surface area contributed by atoms with Gasteiger partial charge in [-0.25, -0.2) is 0 Å². The van der Waals surface area contributed by atoms with Crippen molar-refractivity contribution in [3.8, 4) is 5.75 Å². The lowest BCUT2D eigenvalue weighted by molar-refractivity contribution is -0.124. The Morgan fingerprint density at radius 1 is 1.28 bits per heavy atom. The van der Waals surface area contributed by atoms with Gasteiger partial charge < -0.3 is 10.1 Å². The van der Waals surface area contributed by atoms with Crippen molar-refractivity contribution in [3.63, 3.8) is 0 Å². The van der Waals surface area contributed by atoms with E-state index in [9.17, 15) is 4.79 Å². The highest BCUT2D eigenvalue weighted by atomic mass is 16.5. The van der Waals surface area contributed by atoms with Crippen LogP contribution < -0.4 is 10.1 Å². The molecular formula is C15H21NO2. The van der Waals surface area contributed by atoms with Gasteiger partial charge in [0.15, 0.2) is 0 Å². The molecule has 3 nitrogen and oxygen atoms in total. The van der Waals surface area contributed by atoms with Gasteiger partial charge in [0.05, 0.1) is 6.54 Å². The van der Waals surface area contributed by atoms with Crippen LogP contribution in [0.5, 0.6) is 5.75 Å². The topological polar surface area (TPSA) is 38.3 Å². The maximum absolute atomic E-state index is 11.7. The van der Waals surface area contributed by atoms with Crippen LogP contribution in [0, 0.1) is 12.8 Å². The molecule has 0 unspecified atom stereocenters. The first kappa shape index (κ1) is 12.9. The number of benzene rings is 1. The number of carbonyl (C=O) groups excluding carboxylic acids is 1. The maximum Gasteiger partial charge on any atom is 0.223 e. The molecule has 18 heavy (non-hydrogen) atoms. The number of nitrogens with one attached hydrogen (secondary N) is 1. The van der Waals surface area contributed by atoms with E-state index < -0.39 is 0 Å². The van der Waals surface area contributed by atoms with Gasteiger partial charge in [0, 0.05) is 5.92 Å². The van der Waals surface area contributed by atoms with Crippen LogP contribution >= 0.6 is 0 Å². The number of hydrogen-bond donors (Lipinski definition) is 1. The second-order valence-corrected chi connectivity index (χ2v) is 4.93. The Morgan fingerprint density at radius 3 is 2.61 bits per heavy atom. The zero-order valence-electron chi connectivity index (χ0n) is 10.9. The Labute approximate surface area is 109 Å². The summed E-state index contributed by atoms with van der Waals surface area (Å²) in [7, 11) is 0. The summed E-state index contributed by atoms with van der Waals surface area (Å²) in [5.74, 6) is 1.29. The van der Waals surface area contributed by atoms with Crippen LogP contribution in [0.4, 0.5) is 0 Å². The Hall–Kier alpha value is -1.51. The summed E-state index contributed by atoms with van der Waals surface area (Å²) in [5.41, 5.74) is 1.22. The maximum atomic E-state index is 11.7. The molecule has 0 heterocycles. The third-order valence-corrected chi connectivity index (χ3v) is 3.42. The molecule has 1 fully saturated rings. The molecule has 0 radical (unpaired) electrons. The number of rotatable bonds is 5. The van der Waals surface area contributed by atoms with Crippen LogP contribution in [0.3, 0.4) is 0 Å². The van der Waals surface area contributed by atoms with Crippen molar-refractivity contribution in [3.05, 3.63) is 29.8 Å². The molecule has 1 amide bonds. The summed E-state index contributed by atoms with van der Waals surface area (Å²) in [5, 5.41) is 2.94. The van der Waals surface area contributed by atoms with E-state index in [2.05, 4.69) is 5.32 Å². The van der Waals surface area contributed by atoms with Crippen molar-refractivity contribution >= 4 is 5.91 Å². The SMILES string of the molecule is Cc1ccc(OCCNC(=O)C2CCCC2)cc1. The molecule has 0 saturated heterocycles. The van der Waals surface area contributed by atoms with Gasteiger partial charge in [0.25, 0.3) is 0 Å². The van der Waals surface area contributed by atoms with Gasteiger partial charge in [-0.3, -0.25) is 4.79 Å². The van der Waals surface area contributed by atoms with E-state index in [1.807, 2.05) is 31.2 Å². The minimum Gasteiger partial charge on any atom is -0.492 e. The Bertz CT molecular complexity index is 380. The van der Waals surface area contributed by atoms with Gasteiger partial charge >= 0.3 is 0 Å². The lowest BCUT2D eigenvalue weighted by Gasteiger charge is -2.11. The predicted octanol–water partition coefficient (Wildman–Crippen LogP) is 2.68. The standard InChI is InChI=1S/C15H21NO2/c1-12-6-8-14(9-7-12)18-11-10-16-15(17)13-4-2-3-5-13/h6-9,13H,2-5,10-11H2,1H3,(H,16,17). The predicted molar refractivity (Wildman–Crippen MR) is 71.6 cm³/mol. The van der Waals surface area contributed by atoms with Crippen molar-refractivity contribution in [1.82, 2.24) is 5.32 Å². The van der Waals surface area contributed by atoms with Crippen LogP contribution in [0.15, 0.2) is 24.3 Å². The van der Waals surface area contributed by atoms with Gasteiger partial charge in [0.1, 0.15) is 12.4 Å². The fraction of sp³-hybridized carbons (Fsp3) is 0.533. The Kier molecular flexibility index (Phi) is 4.62. The summed E-state index contributed by atoms with van der Waals surface area (Å²) in [6, 6.07) is 7.95. The third kappa shape index (κ3) is 3.76. The van der Waals surface area contributed by atoms with Gasteiger partial charge in [-0.05, 0) is 31.9 Å². The molecule has 1 aromatic carbocycles. The zero-order valence-corrected chi connectivity index (χ0v) is 10.9. The first-order chi connectivity index (χ1) is 8.75. The average Bonchev–Trinajstić information content (AvgIpc) is 2.90. The molecule has 0 aromatic heterocycles. The van der Waals surface area contributed by atoms with Gasteiger partial charge in [-0.2, -0.15) is 0 Å². The number of aryl methyl sites for hydroxylation is 1. The summed E-state index contributed by atoms with van der Waals surface area (Å²) < 4.78 is 5.56. The van der Waals surface area contributed by atoms with Crippen LogP contribution in [0.25, 0.3) is 0 Å². The summed E-state index contributed by atoms with van der Waals surface area (Å²) in [6.07, 6.45) is 4.48. The second kappa shape index (κ2) is 6.43. The molecule has 1 aliphatic carbocycles. The Morgan fingerprint density at radius 2 is 1.94 bits per heavy atom. The first-order valence-corrected chi connectivity index (χ1v) is 6.73. The fourth-order valence-corrected chi connectivity index (χ4v) is 2.31. The minimum atomic E-state index is 0.194. The average molecular weight is 247 g/mol. The minimum absolute atomic E-state index is 0.194. The number of carbonyl (C=O) groups is 1. The van der Waals surface area contributed by atoms with Gasteiger partial charge in [-0.1, -0.05) is 30.5 Å². The van der Waals surface area contributed by atoms with E-state index >= 15 is 0 Å². The molecule has 3 heteroatoms. The van der Waals surface area contributed by atoms with E-state index in [0.717, 1.165) is 18.6 Å². The van der Waals surface area contributed by atoms with Crippen molar-refractivity contribution in [2.75, 3.05) is 13.2 Å². The summed E-state index contributed by atoms with van der Waals surface area (Å²) in [6.45, 7) is 3.16. The number of amides is 1. The summed E-state index contributed by atoms with van der Waals surface area (Å²) >= 11 is 0. The van der Waals surface area contributed by atoms with E-state index in [1.54, 1.807) is 0 Å². The van der Waals surface area contributed by atoms with Crippen LogP contribution in [0.2, 0.25) is 0 Å². The molecule has 1 aromatic rings. The quantitative estimate of drug-likeness (QED) is 0.812. The largest absolute Gasteiger partial charge is 0.492 e. The van der Waals surface area contributed by atoms with Crippen molar-refractivity contribution in [1.29, 1.82) is 0 Å². The normalized spacial score (nSPS) is 15.6. The lowest BCUT2D eigenvalue weighted by atomic mass is 10.1. The van der Waals surface area contributed by atoms with Crippen LogP contribution in [-0.2, 0) is 4.79 Å². The highest BCUT2D eigenvalue weighted by molar-refractivity contribution is 5.78. The van der Waals surface area contributed by atoms with E-state index in [0.29, 0.717) is 13.2 Å². The molecule has 0 bridgehead atoms. The smallest absolute Gasteiger partial charge is 0.223 e. The molecule has 98 valence electrons. The van der Waals surface area contributed by atoms with Crippen molar-refractivity contribution < 1.29 is 9.53 Å². The molecule has 1 saturated carbocycles. The number of ether oxygens (including phenoxy) is 1. The fourth-order valence-electron chi connectivity index (χ4n) is 2.31. The Balaban J connectivity index is 1.63. The molecule has 0 spiro atoms. The van der Waals surface area contributed by atoms with Gasteiger partial charge in [0.2, 0.25) is 5.91 Å². The molecule has 1 aliphatic rings. The number of hydrogen-bond acceptors (Lipinski definition) is 2. The molecular weight excluding hydrogens is 226 g/mol. The second-order valence-electron chi connectivity index (χ2n) is 4.93. The highest BCUT2D eigenvalue weighted by Gasteiger charge is 2.21. The van der Waals surface area contributed by atoms with Crippen LogP contribution in [-0.4, -0.2) is 19.1 Å². The monoisotopic (exact) mass is 247 g/mol. The van der Waals surface area contributed by atoms with Gasteiger partial charge in [-0.15, -0.1) is 0 Å². The molecule has 0 aliphatic heterocycles. The summed E-state index contributed by atoms with van der Waals surface area (Å²) in [4.78, 5) is 11.7. The van der Waals surface area contributed by atoms with Crippen molar-refractivity contribution in [2.45, 2.75) is 32.6 Å². The molecule has 0 atom stereocenters. The molecule has 1 N–H and O–H groups in total. The highest BCUT2D eigenvalue weighted by Crippen LogP contribution is 2.24. The van der Waals surface area contributed by atoms with Crippen molar-refractivity contribution in [2.24, 2.45) is 5.92 Å². The van der Waals surface area contributed by atoms with E-state index in [1.165, 1.54) is 18.4 Å². The molecule has 2 rings (SSSR count). The van der Waals surface area contributed by atoms with E-state index in [4.69, 9.17) is 4.74 Å².